The van der Waals surface area contributed by atoms with Gasteiger partial charge in [0.05, 0.1) is 18.5 Å². The molecule has 3 heteroatoms. The van der Waals surface area contributed by atoms with E-state index in [0.29, 0.717) is 11.3 Å². The van der Waals surface area contributed by atoms with Crippen LogP contribution in [0.4, 0.5) is 0 Å². The normalized spacial score (nSPS) is 25.6. The minimum Gasteiger partial charge on any atom is -0.379 e. The molecule has 2 heterocycles. The molecule has 1 atom stereocenters. The summed E-state index contributed by atoms with van der Waals surface area (Å²) in [4.78, 5) is 1.44. The van der Waals surface area contributed by atoms with Crippen molar-refractivity contribution in [1.29, 1.82) is 0 Å². The van der Waals surface area contributed by atoms with E-state index in [1.165, 1.54) is 23.3 Å². The Kier molecular flexibility index (Phi) is 3.18. The first-order chi connectivity index (χ1) is 7.93. The molecule has 1 aromatic carbocycles. The third-order valence-electron chi connectivity index (χ3n) is 3.26. The molecule has 1 aromatic rings. The molecule has 0 bridgehead atoms. The fourth-order valence-corrected chi connectivity index (χ4v) is 3.48. The van der Waals surface area contributed by atoms with E-state index in [2.05, 4.69) is 29.6 Å². The SMILES string of the molecule is c1ccc(C2CCCN2)c(SC2COC2)c1. The molecule has 2 nitrogen and oxygen atoms in total. The molecule has 2 fully saturated rings. The number of thioether (sulfide) groups is 1. The Morgan fingerprint density at radius 1 is 1.25 bits per heavy atom. The van der Waals surface area contributed by atoms with Crippen LogP contribution in [0.1, 0.15) is 24.4 Å². The highest BCUT2D eigenvalue weighted by molar-refractivity contribution is 8.00. The van der Waals surface area contributed by atoms with Gasteiger partial charge in [-0.3, -0.25) is 0 Å². The quantitative estimate of drug-likeness (QED) is 0.870. The van der Waals surface area contributed by atoms with Crippen LogP contribution >= 0.6 is 11.8 Å². The third kappa shape index (κ3) is 2.12. The highest BCUT2D eigenvalue weighted by atomic mass is 32.2. The maximum atomic E-state index is 5.24. The standard InChI is InChI=1S/C13H17NOS/c1-2-6-13(16-10-8-15-9-10)11(4-1)12-5-3-7-14-12/h1-2,4,6,10,12,14H,3,5,7-9H2. The smallest absolute Gasteiger partial charge is 0.0611 e. The van der Waals surface area contributed by atoms with Crippen LogP contribution in [0.25, 0.3) is 0 Å². The summed E-state index contributed by atoms with van der Waals surface area (Å²) >= 11 is 1.98. The number of ether oxygens (including phenoxy) is 1. The minimum absolute atomic E-state index is 0.574. The Morgan fingerprint density at radius 2 is 2.12 bits per heavy atom. The summed E-state index contributed by atoms with van der Waals surface area (Å²) in [6, 6.07) is 9.38. The third-order valence-corrected chi connectivity index (χ3v) is 4.49. The van der Waals surface area contributed by atoms with E-state index in [1.807, 2.05) is 11.8 Å². The summed E-state index contributed by atoms with van der Waals surface area (Å²) in [6.07, 6.45) is 2.58. The predicted molar refractivity (Wildman–Crippen MR) is 66.9 cm³/mol. The van der Waals surface area contributed by atoms with E-state index in [9.17, 15) is 0 Å². The average Bonchev–Trinajstić information content (AvgIpc) is 2.77. The van der Waals surface area contributed by atoms with Crippen molar-refractivity contribution in [3.8, 4) is 0 Å². The van der Waals surface area contributed by atoms with Crippen molar-refractivity contribution in [3.63, 3.8) is 0 Å². The molecule has 2 aliphatic heterocycles. The lowest BCUT2D eigenvalue weighted by Gasteiger charge is -2.27. The lowest BCUT2D eigenvalue weighted by molar-refractivity contribution is 0.0455. The first kappa shape index (κ1) is 10.6. The van der Waals surface area contributed by atoms with Gasteiger partial charge in [-0.15, -0.1) is 11.8 Å². The Labute approximate surface area is 101 Å². The van der Waals surface area contributed by atoms with Crippen molar-refractivity contribution in [1.82, 2.24) is 5.32 Å². The maximum Gasteiger partial charge on any atom is 0.0611 e. The molecule has 0 saturated carbocycles. The van der Waals surface area contributed by atoms with Crippen LogP contribution in [-0.4, -0.2) is 25.0 Å². The second kappa shape index (κ2) is 4.78. The fourth-order valence-electron chi connectivity index (χ4n) is 2.29. The predicted octanol–water partition coefficient (Wildman–Crippen LogP) is 2.60. The van der Waals surface area contributed by atoms with Crippen LogP contribution in [0.5, 0.6) is 0 Å². The summed E-state index contributed by atoms with van der Waals surface area (Å²) in [5.41, 5.74) is 1.48. The molecule has 0 spiro atoms. The fraction of sp³-hybridized carbons (Fsp3) is 0.538. The van der Waals surface area contributed by atoms with Crippen LogP contribution < -0.4 is 5.32 Å². The first-order valence-electron chi connectivity index (χ1n) is 6.00. The molecular weight excluding hydrogens is 218 g/mol. The number of benzene rings is 1. The van der Waals surface area contributed by atoms with Gasteiger partial charge < -0.3 is 10.1 Å². The van der Waals surface area contributed by atoms with Crippen LogP contribution in [0, 0.1) is 0 Å². The van der Waals surface area contributed by atoms with E-state index in [-0.39, 0.29) is 0 Å². The van der Waals surface area contributed by atoms with Gasteiger partial charge in [-0.25, -0.2) is 0 Å². The van der Waals surface area contributed by atoms with Gasteiger partial charge in [0, 0.05) is 10.9 Å². The highest BCUT2D eigenvalue weighted by Crippen LogP contribution is 2.35. The number of rotatable bonds is 3. The van der Waals surface area contributed by atoms with Gasteiger partial charge in [0.25, 0.3) is 0 Å². The summed E-state index contributed by atoms with van der Waals surface area (Å²) in [5.74, 6) is 0. The molecule has 2 saturated heterocycles. The van der Waals surface area contributed by atoms with Gasteiger partial charge in [0.15, 0.2) is 0 Å². The number of nitrogens with one attached hydrogen (secondary N) is 1. The van der Waals surface area contributed by atoms with Crippen LogP contribution in [0.15, 0.2) is 29.2 Å². The lowest BCUT2D eigenvalue weighted by atomic mass is 10.1. The van der Waals surface area contributed by atoms with Crippen LogP contribution in [0.3, 0.4) is 0 Å². The van der Waals surface area contributed by atoms with Crippen LogP contribution in [0.2, 0.25) is 0 Å². The van der Waals surface area contributed by atoms with Crippen molar-refractivity contribution in [2.45, 2.75) is 29.0 Å². The maximum absolute atomic E-state index is 5.24. The molecule has 0 aromatic heterocycles. The monoisotopic (exact) mass is 235 g/mol. The number of hydrogen-bond donors (Lipinski definition) is 1. The van der Waals surface area contributed by atoms with Crippen molar-refractivity contribution < 1.29 is 4.74 Å². The molecule has 0 amide bonds. The summed E-state index contributed by atoms with van der Waals surface area (Å²) in [5, 5.41) is 4.25. The second-order valence-electron chi connectivity index (χ2n) is 4.46. The molecule has 0 radical (unpaired) electrons. The van der Waals surface area contributed by atoms with Gasteiger partial charge >= 0.3 is 0 Å². The van der Waals surface area contributed by atoms with Crippen LogP contribution in [-0.2, 0) is 4.74 Å². The van der Waals surface area contributed by atoms with Gasteiger partial charge in [-0.1, -0.05) is 18.2 Å². The van der Waals surface area contributed by atoms with Gasteiger partial charge in [0.2, 0.25) is 0 Å². The first-order valence-corrected chi connectivity index (χ1v) is 6.88. The zero-order valence-corrected chi connectivity index (χ0v) is 10.1. The summed E-state index contributed by atoms with van der Waals surface area (Å²) in [7, 11) is 0. The molecular formula is C13H17NOS. The zero-order chi connectivity index (χ0) is 10.8. The highest BCUT2D eigenvalue weighted by Gasteiger charge is 2.24. The summed E-state index contributed by atoms with van der Waals surface area (Å²) < 4.78 is 5.24. The van der Waals surface area contributed by atoms with E-state index in [4.69, 9.17) is 4.74 Å². The molecule has 3 rings (SSSR count). The molecule has 0 aliphatic carbocycles. The van der Waals surface area contributed by atoms with E-state index < -0.39 is 0 Å². The van der Waals surface area contributed by atoms with E-state index in [0.717, 1.165) is 19.8 Å². The molecule has 2 aliphatic rings. The topological polar surface area (TPSA) is 21.3 Å². The summed E-state index contributed by atoms with van der Waals surface area (Å²) in [6.45, 7) is 2.99. The van der Waals surface area contributed by atoms with E-state index >= 15 is 0 Å². The second-order valence-corrected chi connectivity index (χ2v) is 5.81. The van der Waals surface area contributed by atoms with Crippen molar-refractivity contribution >= 4 is 11.8 Å². The van der Waals surface area contributed by atoms with Crippen molar-refractivity contribution in [2.24, 2.45) is 0 Å². The van der Waals surface area contributed by atoms with E-state index in [1.54, 1.807) is 0 Å². The van der Waals surface area contributed by atoms with Gasteiger partial charge in [-0.05, 0) is 31.0 Å². The Hall–Kier alpha value is -0.510. The molecule has 1 unspecified atom stereocenters. The Balaban J connectivity index is 1.78. The zero-order valence-electron chi connectivity index (χ0n) is 9.32. The molecule has 16 heavy (non-hydrogen) atoms. The largest absolute Gasteiger partial charge is 0.379 e. The van der Waals surface area contributed by atoms with Crippen molar-refractivity contribution in [2.75, 3.05) is 19.8 Å². The molecule has 86 valence electrons. The minimum atomic E-state index is 0.574. The Morgan fingerprint density at radius 3 is 2.81 bits per heavy atom. The Bertz CT molecular complexity index is 359. The lowest BCUT2D eigenvalue weighted by Crippen LogP contribution is -2.30. The van der Waals surface area contributed by atoms with Crippen molar-refractivity contribution in [3.05, 3.63) is 29.8 Å². The van der Waals surface area contributed by atoms with Gasteiger partial charge in [-0.2, -0.15) is 0 Å². The van der Waals surface area contributed by atoms with Gasteiger partial charge in [0.1, 0.15) is 0 Å². The molecule has 1 N–H and O–H groups in total. The average molecular weight is 235 g/mol. The number of hydrogen-bond acceptors (Lipinski definition) is 3.